The van der Waals surface area contributed by atoms with E-state index < -0.39 is 0 Å². The average Bonchev–Trinajstić information content (AvgIpc) is 3.27. The maximum Gasteiger partial charge on any atom is 0.247 e. The number of nitrogens with one attached hydrogen (secondary N) is 1. The van der Waals surface area contributed by atoms with Gasteiger partial charge in [0.25, 0.3) is 0 Å². The predicted molar refractivity (Wildman–Crippen MR) is 111 cm³/mol. The lowest BCUT2D eigenvalue weighted by Gasteiger charge is -2.32. The van der Waals surface area contributed by atoms with E-state index in [0.717, 1.165) is 11.1 Å². The van der Waals surface area contributed by atoms with E-state index in [0.29, 0.717) is 44.1 Å². The molecule has 4 rings (SSSR count). The Labute approximate surface area is 179 Å². The summed E-state index contributed by atoms with van der Waals surface area (Å²) < 4.78 is 19.0. The predicted octanol–water partition coefficient (Wildman–Crippen LogP) is 2.97. The van der Waals surface area contributed by atoms with Gasteiger partial charge >= 0.3 is 0 Å². The maximum absolute atomic E-state index is 13.3. The highest BCUT2D eigenvalue weighted by molar-refractivity contribution is 5.83. The Hall–Kier alpha value is -3.55. The molecule has 0 radical (unpaired) electrons. The minimum Gasteiger partial charge on any atom is -0.419 e. The third-order valence-electron chi connectivity index (χ3n) is 5.33. The monoisotopic (exact) mass is 422 g/mol. The summed E-state index contributed by atoms with van der Waals surface area (Å²) in [5.74, 6) is -0.0100. The van der Waals surface area contributed by atoms with E-state index in [2.05, 4.69) is 15.5 Å². The second-order valence-corrected chi connectivity index (χ2v) is 7.54. The van der Waals surface area contributed by atoms with Crippen LogP contribution in [0.4, 0.5) is 4.39 Å². The van der Waals surface area contributed by atoms with Crippen molar-refractivity contribution in [1.29, 1.82) is 0 Å². The molecular weight excluding hydrogens is 399 g/mol. The van der Waals surface area contributed by atoms with Gasteiger partial charge in [-0.1, -0.05) is 30.3 Å². The van der Waals surface area contributed by atoms with E-state index in [1.807, 2.05) is 36.4 Å². The molecule has 1 saturated heterocycles. The van der Waals surface area contributed by atoms with Gasteiger partial charge in [0.2, 0.25) is 23.6 Å². The minimum absolute atomic E-state index is 0.0184. The summed E-state index contributed by atoms with van der Waals surface area (Å²) in [5.41, 5.74) is 1.64. The maximum atomic E-state index is 13.3. The number of carbonyl (C=O) groups excluding carboxylic acids is 2. The Bertz CT molecular complexity index is 1050. The smallest absolute Gasteiger partial charge is 0.247 e. The second-order valence-electron chi connectivity index (χ2n) is 7.54. The molecule has 2 aromatic carbocycles. The third-order valence-corrected chi connectivity index (χ3v) is 5.33. The fraction of sp³-hybridized carbons (Fsp3) is 0.304. The first-order valence-corrected chi connectivity index (χ1v) is 10.3. The zero-order chi connectivity index (χ0) is 21.6. The fourth-order valence-corrected chi connectivity index (χ4v) is 3.63. The van der Waals surface area contributed by atoms with Gasteiger partial charge in [0.15, 0.2) is 0 Å². The van der Waals surface area contributed by atoms with Gasteiger partial charge in [-0.15, -0.1) is 10.2 Å². The van der Waals surface area contributed by atoms with E-state index in [1.165, 1.54) is 12.1 Å². The number of hydrogen-bond donors (Lipinski definition) is 1. The Balaban J connectivity index is 1.29. The molecule has 2 heterocycles. The normalized spacial score (nSPS) is 16.4. The molecule has 1 N–H and O–H groups in total. The minimum atomic E-state index is -0.304. The van der Waals surface area contributed by atoms with Crippen LogP contribution in [0, 0.1) is 11.7 Å². The molecule has 0 spiro atoms. The lowest BCUT2D eigenvalue weighted by atomic mass is 9.96. The summed E-state index contributed by atoms with van der Waals surface area (Å²) in [6.07, 6.45) is 1.36. The first kappa shape index (κ1) is 20.7. The van der Waals surface area contributed by atoms with Crippen molar-refractivity contribution < 1.29 is 18.4 Å². The van der Waals surface area contributed by atoms with Gasteiger partial charge < -0.3 is 14.6 Å². The van der Waals surface area contributed by atoms with Crippen LogP contribution in [0.2, 0.25) is 0 Å². The standard InChI is InChI=1S/C23H23FN4O3/c24-19-8-4-5-16(13-19)11-12-28-15-18(9-10-21(28)29)22(30)25-14-20-26-27-23(31-20)17-6-2-1-3-7-17/h1-8,13,18H,9-12,14-15H2,(H,25,30). The molecule has 8 heteroatoms. The van der Waals surface area contributed by atoms with Crippen LogP contribution >= 0.6 is 0 Å². The number of benzene rings is 2. The number of amides is 2. The van der Waals surface area contributed by atoms with Crippen LogP contribution < -0.4 is 5.32 Å². The molecule has 1 aliphatic rings. The van der Waals surface area contributed by atoms with E-state index in [-0.39, 0.29) is 30.1 Å². The first-order valence-electron chi connectivity index (χ1n) is 10.3. The van der Waals surface area contributed by atoms with Gasteiger partial charge in [-0.25, -0.2) is 4.39 Å². The van der Waals surface area contributed by atoms with Gasteiger partial charge in [-0.05, 0) is 42.7 Å². The van der Waals surface area contributed by atoms with Crippen LogP contribution in [0.3, 0.4) is 0 Å². The van der Waals surface area contributed by atoms with Gasteiger partial charge in [-0.2, -0.15) is 0 Å². The summed E-state index contributed by atoms with van der Waals surface area (Å²) in [5, 5.41) is 10.8. The van der Waals surface area contributed by atoms with Crippen molar-refractivity contribution in [3.05, 3.63) is 71.9 Å². The first-order chi connectivity index (χ1) is 15.1. The van der Waals surface area contributed by atoms with Crippen molar-refractivity contribution in [2.24, 2.45) is 5.92 Å². The average molecular weight is 422 g/mol. The molecule has 1 atom stereocenters. The molecule has 1 fully saturated rings. The molecule has 0 saturated carbocycles. The highest BCUT2D eigenvalue weighted by atomic mass is 19.1. The van der Waals surface area contributed by atoms with Crippen molar-refractivity contribution in [3.63, 3.8) is 0 Å². The van der Waals surface area contributed by atoms with Crippen LogP contribution in [0.25, 0.3) is 11.5 Å². The van der Waals surface area contributed by atoms with Gasteiger partial charge in [0, 0.05) is 25.1 Å². The van der Waals surface area contributed by atoms with Crippen LogP contribution in [0.15, 0.2) is 59.0 Å². The summed E-state index contributed by atoms with van der Waals surface area (Å²) in [4.78, 5) is 26.6. The molecule has 1 unspecified atom stereocenters. The van der Waals surface area contributed by atoms with Crippen molar-refractivity contribution in [2.45, 2.75) is 25.8 Å². The largest absolute Gasteiger partial charge is 0.419 e. The molecule has 7 nitrogen and oxygen atoms in total. The highest BCUT2D eigenvalue weighted by Gasteiger charge is 2.30. The summed E-state index contributed by atoms with van der Waals surface area (Å²) in [6.45, 7) is 0.932. The van der Waals surface area contributed by atoms with Gasteiger partial charge in [0.1, 0.15) is 5.82 Å². The molecule has 1 aliphatic heterocycles. The molecule has 1 aromatic heterocycles. The number of aromatic nitrogens is 2. The molecule has 31 heavy (non-hydrogen) atoms. The van der Waals surface area contributed by atoms with Gasteiger partial charge in [0.05, 0.1) is 12.5 Å². The quantitative estimate of drug-likeness (QED) is 0.632. The van der Waals surface area contributed by atoms with E-state index >= 15 is 0 Å². The van der Waals surface area contributed by atoms with Crippen molar-refractivity contribution in [1.82, 2.24) is 20.4 Å². The van der Waals surface area contributed by atoms with E-state index in [4.69, 9.17) is 4.42 Å². The fourth-order valence-electron chi connectivity index (χ4n) is 3.63. The Morgan fingerprint density at radius 2 is 2.00 bits per heavy atom. The SMILES string of the molecule is O=C(NCc1nnc(-c2ccccc2)o1)C1CCC(=O)N(CCc2cccc(F)c2)C1. The van der Waals surface area contributed by atoms with Crippen LogP contribution in [-0.4, -0.2) is 40.0 Å². The van der Waals surface area contributed by atoms with Crippen LogP contribution in [0.5, 0.6) is 0 Å². The molecule has 0 aliphatic carbocycles. The Morgan fingerprint density at radius 1 is 1.16 bits per heavy atom. The molecule has 0 bridgehead atoms. The molecule has 3 aromatic rings. The zero-order valence-electron chi connectivity index (χ0n) is 17.0. The lowest BCUT2D eigenvalue weighted by Crippen LogP contribution is -2.46. The van der Waals surface area contributed by atoms with E-state index in [9.17, 15) is 14.0 Å². The summed E-state index contributed by atoms with van der Waals surface area (Å²) in [7, 11) is 0. The van der Waals surface area contributed by atoms with Crippen molar-refractivity contribution in [3.8, 4) is 11.5 Å². The number of hydrogen-bond acceptors (Lipinski definition) is 5. The summed E-state index contributed by atoms with van der Waals surface area (Å²) >= 11 is 0. The zero-order valence-corrected chi connectivity index (χ0v) is 17.0. The van der Waals surface area contributed by atoms with E-state index in [1.54, 1.807) is 11.0 Å². The van der Waals surface area contributed by atoms with Crippen LogP contribution in [-0.2, 0) is 22.6 Å². The lowest BCUT2D eigenvalue weighted by molar-refractivity contribution is -0.138. The Morgan fingerprint density at radius 3 is 2.81 bits per heavy atom. The van der Waals surface area contributed by atoms with Gasteiger partial charge in [-0.3, -0.25) is 9.59 Å². The number of rotatable bonds is 7. The molecular formula is C23H23FN4O3. The number of likely N-dealkylation sites (tertiary alicyclic amines) is 1. The molecule has 2 amide bonds. The Kier molecular flexibility index (Phi) is 6.35. The number of piperidine rings is 1. The second kappa shape index (κ2) is 9.51. The highest BCUT2D eigenvalue weighted by Crippen LogP contribution is 2.20. The molecule has 160 valence electrons. The number of halogens is 1. The van der Waals surface area contributed by atoms with Crippen LogP contribution in [0.1, 0.15) is 24.3 Å². The van der Waals surface area contributed by atoms with Crippen molar-refractivity contribution in [2.75, 3.05) is 13.1 Å². The number of nitrogens with zero attached hydrogens (tertiary/aromatic N) is 3. The summed E-state index contributed by atoms with van der Waals surface area (Å²) in [6, 6.07) is 15.7. The van der Waals surface area contributed by atoms with Crippen molar-refractivity contribution >= 4 is 11.8 Å². The third kappa shape index (κ3) is 5.33. The number of carbonyl (C=O) groups is 2. The topological polar surface area (TPSA) is 88.3 Å².